The van der Waals surface area contributed by atoms with Gasteiger partial charge >= 0.3 is 5.97 Å². The molecule has 44 heavy (non-hydrogen) atoms. The minimum atomic E-state index is -0.931. The van der Waals surface area contributed by atoms with Crippen molar-refractivity contribution in [2.24, 2.45) is 0 Å². The molecule has 0 saturated carbocycles. The molecule has 0 spiro atoms. The Morgan fingerprint density at radius 2 is 0.909 bits per heavy atom. The van der Waals surface area contributed by atoms with Crippen molar-refractivity contribution in [3.63, 3.8) is 0 Å². The normalized spacial score (nSPS) is 10.1. The number of hydrogen-bond acceptors (Lipinski definition) is 9. The van der Waals surface area contributed by atoms with Crippen molar-refractivity contribution < 1.29 is 24.7 Å². The number of rotatable bonds is 5. The van der Waals surface area contributed by atoms with E-state index in [-0.39, 0.29) is 0 Å². The number of non-ortho nitro benzene ring substituents is 3. The Bertz CT molecular complexity index is 1820. The first kappa shape index (κ1) is 30.3. The van der Waals surface area contributed by atoms with Gasteiger partial charge in [0.15, 0.2) is 0 Å². The fourth-order valence-corrected chi connectivity index (χ4v) is 4.17. The van der Waals surface area contributed by atoms with E-state index < -0.39 is 37.8 Å². The Labute approximate surface area is 248 Å². The summed E-state index contributed by atoms with van der Waals surface area (Å²) in [6.07, 6.45) is 3.54. The summed E-state index contributed by atoms with van der Waals surface area (Å²) in [6, 6.07) is 30.7. The number of carboxylic acids is 1. The van der Waals surface area contributed by atoms with Crippen molar-refractivity contribution in [2.75, 3.05) is 0 Å². The van der Waals surface area contributed by atoms with Crippen molar-refractivity contribution in [1.82, 2.24) is 9.97 Å². The van der Waals surface area contributed by atoms with Gasteiger partial charge in [-0.3, -0.25) is 40.3 Å². The summed E-state index contributed by atoms with van der Waals surface area (Å²) in [5.41, 5.74) is 0.164. The number of nitro groups is 3. The second-order valence-corrected chi connectivity index (χ2v) is 8.91. The third-order valence-corrected chi connectivity index (χ3v) is 6.10. The molecule has 4 aromatic carbocycles. The molecule has 6 rings (SSSR count). The molecule has 0 aliphatic rings. The molecule has 0 bridgehead atoms. The molecule has 2 heterocycles. The highest BCUT2D eigenvalue weighted by atomic mass is 16.6. The van der Waals surface area contributed by atoms with Gasteiger partial charge in [0.1, 0.15) is 0 Å². The van der Waals surface area contributed by atoms with Gasteiger partial charge < -0.3 is 5.11 Å². The molecular formula is C31H21N5O8. The highest BCUT2D eigenvalue weighted by Crippen LogP contribution is 2.29. The Hall–Kier alpha value is -6.63. The summed E-state index contributed by atoms with van der Waals surface area (Å²) in [6.45, 7) is 0. The van der Waals surface area contributed by atoms with Gasteiger partial charge in [0.05, 0.1) is 49.9 Å². The lowest BCUT2D eigenvalue weighted by molar-refractivity contribution is -0.403. The van der Waals surface area contributed by atoms with Crippen molar-refractivity contribution in [1.29, 1.82) is 0 Å². The molecule has 13 nitrogen and oxygen atoms in total. The lowest BCUT2D eigenvalue weighted by atomic mass is 9.97. The molecule has 0 amide bonds. The maximum Gasteiger partial charge on any atom is 0.336 e. The Morgan fingerprint density at radius 1 is 0.545 bits per heavy atom. The highest BCUT2D eigenvalue weighted by molar-refractivity contribution is 6.15. The second-order valence-electron chi connectivity index (χ2n) is 8.91. The van der Waals surface area contributed by atoms with Crippen molar-refractivity contribution in [3.05, 3.63) is 157 Å². The maximum atomic E-state index is 11.4. The first-order valence-corrected chi connectivity index (χ1v) is 12.7. The van der Waals surface area contributed by atoms with E-state index in [1.54, 1.807) is 12.4 Å². The van der Waals surface area contributed by atoms with Crippen LogP contribution in [0, 0.1) is 30.3 Å². The van der Waals surface area contributed by atoms with Gasteiger partial charge in [-0.2, -0.15) is 0 Å². The van der Waals surface area contributed by atoms with Crippen LogP contribution in [0.1, 0.15) is 10.4 Å². The molecule has 0 radical (unpaired) electrons. The summed E-state index contributed by atoms with van der Waals surface area (Å²) in [5.74, 6) is -0.877. The molecule has 0 saturated heterocycles. The first-order valence-electron chi connectivity index (χ1n) is 12.7. The average molecular weight is 592 g/mol. The topological polar surface area (TPSA) is 192 Å². The van der Waals surface area contributed by atoms with Gasteiger partial charge in [-0.05, 0) is 51.9 Å². The number of hydrogen-bond donors (Lipinski definition) is 1. The monoisotopic (exact) mass is 591 g/mol. The van der Waals surface area contributed by atoms with E-state index in [1.165, 1.54) is 0 Å². The smallest absolute Gasteiger partial charge is 0.336 e. The van der Waals surface area contributed by atoms with Gasteiger partial charge in [0.2, 0.25) is 0 Å². The van der Waals surface area contributed by atoms with Gasteiger partial charge in [-0.25, -0.2) is 4.79 Å². The lowest BCUT2D eigenvalue weighted by Crippen LogP contribution is -1.99. The van der Waals surface area contributed by atoms with Crippen LogP contribution in [0.15, 0.2) is 122 Å². The number of nitrogens with zero attached hydrogens (tertiary/aromatic N) is 5. The van der Waals surface area contributed by atoms with E-state index in [4.69, 9.17) is 0 Å². The van der Waals surface area contributed by atoms with Crippen LogP contribution < -0.4 is 0 Å². The van der Waals surface area contributed by atoms with Crippen molar-refractivity contribution in [2.45, 2.75) is 0 Å². The SMILES string of the molecule is O=C(O)c1c2ccccc2cc2ccccc12.O=[N+]([O-])c1cc([N+](=O)[O-])cc([N+](=O)[O-])c1.c1ccc(-c2ccccn2)nc1. The number of carboxylic acid groups (broad SMARTS) is 1. The molecule has 2 aromatic heterocycles. The predicted molar refractivity (Wildman–Crippen MR) is 162 cm³/mol. The number of aromatic carboxylic acids is 1. The zero-order valence-corrected chi connectivity index (χ0v) is 22.6. The van der Waals surface area contributed by atoms with Gasteiger partial charge in [-0.1, -0.05) is 60.7 Å². The Balaban J connectivity index is 0.000000153. The molecule has 1 N–H and O–H groups in total. The number of nitro benzene ring substituents is 3. The van der Waals surface area contributed by atoms with Crippen LogP contribution in [0.4, 0.5) is 17.1 Å². The molecule has 218 valence electrons. The standard InChI is InChI=1S/C15H10O2.C10H8N2.C6H3N3O6/c16-15(17)14-12-7-3-1-5-10(12)9-11-6-2-4-8-13(11)14;1-3-7-11-9(5-1)10-6-2-4-8-12-10;10-7(11)4-1-5(8(12)13)3-6(2-4)9(14)15/h1-9H,(H,16,17);1-8H;1-3H. The predicted octanol–water partition coefficient (Wildman–Crippen LogP) is 7.25. The largest absolute Gasteiger partial charge is 0.478 e. The molecular weight excluding hydrogens is 570 g/mol. The number of fused-ring (bicyclic) bond motifs is 2. The quantitative estimate of drug-likeness (QED) is 0.121. The molecule has 0 aliphatic heterocycles. The van der Waals surface area contributed by atoms with Crippen LogP contribution in [0.25, 0.3) is 32.9 Å². The Morgan fingerprint density at radius 3 is 1.23 bits per heavy atom. The van der Waals surface area contributed by atoms with E-state index in [0.717, 1.165) is 32.9 Å². The second kappa shape index (κ2) is 13.8. The summed E-state index contributed by atoms with van der Waals surface area (Å²) in [4.78, 5) is 47.9. The zero-order valence-electron chi connectivity index (χ0n) is 22.6. The summed E-state index contributed by atoms with van der Waals surface area (Å²) in [5, 5.41) is 43.8. The average Bonchev–Trinajstić information content (AvgIpc) is 3.04. The number of carbonyl (C=O) groups is 1. The summed E-state index contributed by atoms with van der Waals surface area (Å²) < 4.78 is 0. The summed E-state index contributed by atoms with van der Waals surface area (Å²) in [7, 11) is 0. The van der Waals surface area contributed by atoms with E-state index in [1.807, 2.05) is 91.0 Å². The molecule has 0 atom stereocenters. The minimum absolute atomic E-state index is 0.388. The molecule has 6 aromatic rings. The third kappa shape index (κ3) is 7.36. The van der Waals surface area contributed by atoms with E-state index in [0.29, 0.717) is 23.8 Å². The van der Waals surface area contributed by atoms with Crippen LogP contribution in [0.5, 0.6) is 0 Å². The van der Waals surface area contributed by atoms with Gasteiger partial charge in [0.25, 0.3) is 17.1 Å². The molecule has 0 fully saturated rings. The van der Waals surface area contributed by atoms with E-state index in [2.05, 4.69) is 9.97 Å². The Kier molecular flexibility index (Phi) is 9.53. The third-order valence-electron chi connectivity index (χ3n) is 6.10. The van der Waals surface area contributed by atoms with Gasteiger partial charge in [-0.15, -0.1) is 0 Å². The maximum absolute atomic E-state index is 11.4. The minimum Gasteiger partial charge on any atom is -0.478 e. The first-order chi connectivity index (χ1) is 21.2. The lowest BCUT2D eigenvalue weighted by Gasteiger charge is -2.07. The fraction of sp³-hybridized carbons (Fsp3) is 0. The van der Waals surface area contributed by atoms with E-state index >= 15 is 0 Å². The van der Waals surface area contributed by atoms with E-state index in [9.17, 15) is 40.2 Å². The zero-order chi connectivity index (χ0) is 31.6. The fourth-order valence-electron chi connectivity index (χ4n) is 4.17. The highest BCUT2D eigenvalue weighted by Gasteiger charge is 2.21. The number of benzene rings is 4. The van der Waals surface area contributed by atoms with Crippen LogP contribution in [0.2, 0.25) is 0 Å². The number of pyridine rings is 2. The molecule has 0 unspecified atom stereocenters. The van der Waals surface area contributed by atoms with Crippen LogP contribution >= 0.6 is 0 Å². The van der Waals surface area contributed by atoms with Crippen LogP contribution in [0.3, 0.4) is 0 Å². The van der Waals surface area contributed by atoms with Crippen molar-refractivity contribution >= 4 is 44.6 Å². The molecule has 13 heteroatoms. The number of aromatic nitrogens is 2. The van der Waals surface area contributed by atoms with Crippen LogP contribution in [-0.4, -0.2) is 35.8 Å². The molecule has 0 aliphatic carbocycles. The van der Waals surface area contributed by atoms with Gasteiger partial charge in [0, 0.05) is 12.4 Å². The van der Waals surface area contributed by atoms with Crippen molar-refractivity contribution in [3.8, 4) is 11.4 Å². The van der Waals surface area contributed by atoms with Crippen LogP contribution in [-0.2, 0) is 0 Å². The summed E-state index contributed by atoms with van der Waals surface area (Å²) >= 11 is 0.